The molecule has 0 spiro atoms. The van der Waals surface area contributed by atoms with Gasteiger partial charge in [-0.25, -0.2) is 15.0 Å². The summed E-state index contributed by atoms with van der Waals surface area (Å²) in [4.78, 5) is 14.1. The maximum Gasteiger partial charge on any atom is 0.164 e. The van der Waals surface area contributed by atoms with E-state index in [0.717, 1.165) is 16.7 Å². The third kappa shape index (κ3) is 6.73. The molecule has 0 aliphatic heterocycles. The maximum absolute atomic E-state index is 9.28. The highest BCUT2D eigenvalue weighted by atomic mass is 32.1. The fourth-order valence-electron chi connectivity index (χ4n) is 2.64. The van der Waals surface area contributed by atoms with Gasteiger partial charge in [-0.2, -0.15) is 12.6 Å². The van der Waals surface area contributed by atoms with Crippen molar-refractivity contribution in [3.05, 3.63) is 90.5 Å². The Morgan fingerprint density at radius 2 is 0.879 bits per heavy atom. The zero-order valence-electron chi connectivity index (χ0n) is 19.8. The molecule has 5 heteroatoms. The van der Waals surface area contributed by atoms with Gasteiger partial charge in [0.1, 0.15) is 0 Å². The van der Waals surface area contributed by atoms with Crippen LogP contribution < -0.4 is 0 Å². The lowest BCUT2D eigenvalue weighted by molar-refractivity contribution is 0.0500. The quantitative estimate of drug-likeness (QED) is 0.337. The number of benzene rings is 3. The number of hydrogen-bond acceptors (Lipinski definition) is 5. The molecular weight excluding hydrogens is 426 g/mol. The Balaban J connectivity index is 0.000000331. The molecule has 0 saturated heterocycles. The normalized spacial score (nSPS) is 11.5. The molecule has 1 N–H and O–H groups in total. The molecule has 4 rings (SSSR count). The first-order chi connectivity index (χ1) is 15.5. The molecular formula is C28H31N3OS. The molecule has 0 aliphatic rings. The van der Waals surface area contributed by atoms with Gasteiger partial charge in [0.25, 0.3) is 0 Å². The zero-order valence-corrected chi connectivity index (χ0v) is 20.7. The van der Waals surface area contributed by atoms with Crippen molar-refractivity contribution < 1.29 is 5.11 Å². The molecule has 0 radical (unpaired) electrons. The third-order valence-corrected chi connectivity index (χ3v) is 6.05. The first-order valence-electron chi connectivity index (χ1n) is 10.9. The second-order valence-electron chi connectivity index (χ2n) is 9.02. The fourth-order valence-corrected chi connectivity index (χ4v) is 2.64. The third-order valence-electron chi connectivity index (χ3n) is 5.51. The van der Waals surface area contributed by atoms with Crippen molar-refractivity contribution in [2.75, 3.05) is 0 Å². The lowest BCUT2D eigenvalue weighted by atomic mass is 9.94. The summed E-state index contributed by atoms with van der Waals surface area (Å²) in [6.07, 6.45) is 0. The second-order valence-corrected chi connectivity index (χ2v) is 10.1. The molecule has 0 saturated carbocycles. The van der Waals surface area contributed by atoms with E-state index in [1.165, 1.54) is 5.56 Å². The van der Waals surface area contributed by atoms with Gasteiger partial charge in [-0.15, -0.1) is 0 Å². The largest absolute Gasteiger partial charge is 0.389 e. The molecule has 0 unspecified atom stereocenters. The number of aromatic nitrogens is 3. The van der Waals surface area contributed by atoms with Crippen LogP contribution in [0, 0.1) is 6.92 Å². The minimum Gasteiger partial charge on any atom is -0.389 e. The van der Waals surface area contributed by atoms with Gasteiger partial charge in [0.2, 0.25) is 0 Å². The summed E-state index contributed by atoms with van der Waals surface area (Å²) in [5.41, 5.74) is 3.47. The van der Waals surface area contributed by atoms with Crippen LogP contribution in [-0.2, 0) is 0 Å². The second kappa shape index (κ2) is 10.3. The Bertz CT molecular complexity index is 1090. The molecule has 1 heterocycles. The van der Waals surface area contributed by atoms with Crippen LogP contribution in [0.5, 0.6) is 0 Å². The van der Waals surface area contributed by atoms with E-state index in [0.29, 0.717) is 17.5 Å². The lowest BCUT2D eigenvalue weighted by Crippen LogP contribution is -2.40. The molecule has 4 nitrogen and oxygen atoms in total. The van der Waals surface area contributed by atoms with Crippen molar-refractivity contribution in [1.29, 1.82) is 0 Å². The van der Waals surface area contributed by atoms with Crippen LogP contribution in [0.4, 0.5) is 0 Å². The SMILES string of the molecule is CC(C)(O)C(C)(C)S.Cc1ccc(-c2nc(-c3ccccc3)nc(-c3ccccc3)n2)cc1. The molecule has 0 fully saturated rings. The van der Waals surface area contributed by atoms with Crippen LogP contribution >= 0.6 is 12.6 Å². The van der Waals surface area contributed by atoms with Gasteiger partial charge >= 0.3 is 0 Å². The predicted molar refractivity (Wildman–Crippen MR) is 140 cm³/mol. The first kappa shape index (κ1) is 24.6. The van der Waals surface area contributed by atoms with E-state index >= 15 is 0 Å². The molecule has 1 aromatic heterocycles. The maximum atomic E-state index is 9.28. The summed E-state index contributed by atoms with van der Waals surface area (Å²) in [5, 5.41) is 9.28. The molecule has 33 heavy (non-hydrogen) atoms. The Kier molecular flexibility index (Phi) is 7.67. The monoisotopic (exact) mass is 457 g/mol. The molecule has 170 valence electrons. The summed E-state index contributed by atoms with van der Waals surface area (Å²) in [7, 11) is 0. The van der Waals surface area contributed by atoms with Gasteiger partial charge in [-0.3, -0.25) is 0 Å². The van der Waals surface area contributed by atoms with Gasteiger partial charge < -0.3 is 5.11 Å². The Hall–Kier alpha value is -3.02. The summed E-state index contributed by atoms with van der Waals surface area (Å²) in [6.45, 7) is 9.34. The lowest BCUT2D eigenvalue weighted by Gasteiger charge is -2.32. The average molecular weight is 458 g/mol. The van der Waals surface area contributed by atoms with Gasteiger partial charge in [0, 0.05) is 21.4 Å². The van der Waals surface area contributed by atoms with E-state index in [2.05, 4.69) is 31.7 Å². The van der Waals surface area contributed by atoms with E-state index in [1.807, 2.05) is 86.6 Å². The minimum absolute atomic E-state index is 0.312. The Morgan fingerprint density at radius 1 is 0.576 bits per heavy atom. The van der Waals surface area contributed by atoms with Crippen LogP contribution in [-0.4, -0.2) is 30.4 Å². The van der Waals surface area contributed by atoms with Crippen molar-refractivity contribution >= 4 is 12.6 Å². The highest BCUT2D eigenvalue weighted by molar-refractivity contribution is 7.81. The van der Waals surface area contributed by atoms with E-state index < -0.39 is 5.60 Å². The fraction of sp³-hybridized carbons (Fsp3) is 0.250. The van der Waals surface area contributed by atoms with Crippen LogP contribution in [0.3, 0.4) is 0 Å². The standard InChI is InChI=1S/C22H17N3.C6H14OS/c1-16-12-14-19(15-13-16)22-24-20(17-8-4-2-5-9-17)23-21(25-22)18-10-6-3-7-11-18;1-5(2,7)6(3,4)8/h2-15H,1H3;7-8H,1-4H3. The van der Waals surface area contributed by atoms with Crippen LogP contribution in [0.25, 0.3) is 34.2 Å². The summed E-state index contributed by atoms with van der Waals surface area (Å²) >= 11 is 4.19. The number of thiol groups is 1. The van der Waals surface area contributed by atoms with Crippen LogP contribution in [0.15, 0.2) is 84.9 Å². The zero-order chi connectivity index (χ0) is 24.1. The first-order valence-corrected chi connectivity index (χ1v) is 11.4. The number of aryl methyl sites for hydroxylation is 1. The van der Waals surface area contributed by atoms with Crippen LogP contribution in [0.2, 0.25) is 0 Å². The van der Waals surface area contributed by atoms with Crippen molar-refractivity contribution in [2.45, 2.75) is 45.0 Å². The molecule has 0 bridgehead atoms. The van der Waals surface area contributed by atoms with Gasteiger partial charge in [-0.05, 0) is 34.6 Å². The Morgan fingerprint density at radius 3 is 1.18 bits per heavy atom. The van der Waals surface area contributed by atoms with Gasteiger partial charge in [0.15, 0.2) is 17.5 Å². The van der Waals surface area contributed by atoms with Crippen molar-refractivity contribution in [3.8, 4) is 34.2 Å². The topological polar surface area (TPSA) is 58.9 Å². The summed E-state index contributed by atoms with van der Waals surface area (Å²) < 4.78 is -0.312. The van der Waals surface area contributed by atoms with Crippen LogP contribution in [0.1, 0.15) is 33.3 Å². The van der Waals surface area contributed by atoms with Crippen molar-refractivity contribution in [3.63, 3.8) is 0 Å². The molecule has 0 atom stereocenters. The molecule has 0 amide bonds. The molecule has 0 aliphatic carbocycles. The average Bonchev–Trinajstić information content (AvgIpc) is 2.79. The van der Waals surface area contributed by atoms with E-state index in [9.17, 15) is 5.11 Å². The molecule has 4 aromatic rings. The summed E-state index contributed by atoms with van der Waals surface area (Å²) in [6, 6.07) is 28.3. The van der Waals surface area contributed by atoms with Gasteiger partial charge in [0.05, 0.1) is 5.60 Å². The van der Waals surface area contributed by atoms with Gasteiger partial charge in [-0.1, -0.05) is 90.5 Å². The highest BCUT2D eigenvalue weighted by Crippen LogP contribution is 2.27. The predicted octanol–water partition coefficient (Wildman–Crippen LogP) is 6.65. The van der Waals surface area contributed by atoms with E-state index in [-0.39, 0.29) is 4.75 Å². The van der Waals surface area contributed by atoms with Crippen molar-refractivity contribution in [2.24, 2.45) is 0 Å². The van der Waals surface area contributed by atoms with E-state index in [1.54, 1.807) is 13.8 Å². The summed E-state index contributed by atoms with van der Waals surface area (Å²) in [5.74, 6) is 2.06. The number of nitrogens with zero attached hydrogens (tertiary/aromatic N) is 3. The molecule has 3 aromatic carbocycles. The minimum atomic E-state index is -0.698. The number of aliphatic hydroxyl groups is 1. The smallest absolute Gasteiger partial charge is 0.164 e. The number of hydrogen-bond donors (Lipinski definition) is 2. The number of rotatable bonds is 4. The highest BCUT2D eigenvalue weighted by Gasteiger charge is 2.30. The van der Waals surface area contributed by atoms with Crippen molar-refractivity contribution in [1.82, 2.24) is 15.0 Å². The Labute approximate surface area is 202 Å². The van der Waals surface area contributed by atoms with E-state index in [4.69, 9.17) is 15.0 Å².